The topological polar surface area (TPSA) is 0 Å². The number of rotatable bonds is 5. The zero-order valence-corrected chi connectivity index (χ0v) is 21.0. The van der Waals surface area contributed by atoms with Crippen molar-refractivity contribution in [2.45, 2.75) is 126 Å². The van der Waals surface area contributed by atoms with E-state index in [1.807, 2.05) is 19.4 Å². The zero-order chi connectivity index (χ0) is 21.2. The third-order valence-electron chi connectivity index (χ3n) is 10.1. The summed E-state index contributed by atoms with van der Waals surface area (Å²) in [7, 11) is 0. The van der Waals surface area contributed by atoms with Gasteiger partial charge in [0.05, 0.1) is 0 Å². The molecular formula is C29H52. The number of allylic oxidation sites excluding steroid dienone is 2. The van der Waals surface area contributed by atoms with E-state index in [-0.39, 0.29) is 0 Å². The molecule has 0 aliphatic heterocycles. The largest absolute Gasteiger partial charge is 0.0845 e. The Kier molecular flexibility index (Phi) is 7.65. The summed E-state index contributed by atoms with van der Waals surface area (Å²) in [5.74, 6) is 5.88. The van der Waals surface area contributed by atoms with E-state index in [9.17, 15) is 0 Å². The SMILES string of the molecule is CC.CC(C)CCCCC1CCC2C3CC=C4CC(C)CCC4(C)C3CCC12C. The molecule has 4 aliphatic carbocycles. The molecule has 168 valence electrons. The highest BCUT2D eigenvalue weighted by molar-refractivity contribution is 5.24. The molecule has 7 unspecified atom stereocenters. The minimum Gasteiger partial charge on any atom is -0.0845 e. The van der Waals surface area contributed by atoms with Crippen molar-refractivity contribution in [3.63, 3.8) is 0 Å². The molecule has 0 heteroatoms. The van der Waals surface area contributed by atoms with Gasteiger partial charge in [-0.05, 0) is 104 Å². The van der Waals surface area contributed by atoms with Gasteiger partial charge in [0.15, 0.2) is 0 Å². The van der Waals surface area contributed by atoms with Crippen LogP contribution in [0.5, 0.6) is 0 Å². The molecule has 0 bridgehead atoms. The van der Waals surface area contributed by atoms with Crippen molar-refractivity contribution in [2.75, 3.05) is 0 Å². The van der Waals surface area contributed by atoms with Crippen LogP contribution in [-0.4, -0.2) is 0 Å². The predicted molar refractivity (Wildman–Crippen MR) is 129 cm³/mol. The minimum atomic E-state index is 0.562. The lowest BCUT2D eigenvalue weighted by molar-refractivity contribution is -0.0450. The van der Waals surface area contributed by atoms with Crippen LogP contribution >= 0.6 is 0 Å². The lowest BCUT2D eigenvalue weighted by Gasteiger charge is -2.58. The predicted octanol–water partition coefficient (Wildman–Crippen LogP) is 9.44. The molecule has 4 aliphatic rings. The second-order valence-electron chi connectivity index (χ2n) is 12.1. The van der Waals surface area contributed by atoms with Gasteiger partial charge in [-0.1, -0.05) is 79.4 Å². The number of hydrogen-bond acceptors (Lipinski definition) is 0. The van der Waals surface area contributed by atoms with Gasteiger partial charge >= 0.3 is 0 Å². The van der Waals surface area contributed by atoms with Crippen LogP contribution in [0.4, 0.5) is 0 Å². The van der Waals surface area contributed by atoms with E-state index in [0.717, 1.165) is 35.5 Å². The first-order chi connectivity index (χ1) is 13.8. The highest BCUT2D eigenvalue weighted by atomic mass is 14.6. The minimum absolute atomic E-state index is 0.562. The van der Waals surface area contributed by atoms with E-state index in [4.69, 9.17) is 0 Å². The standard InChI is InChI=1S/C27H46.C2H6/c1-19(2)8-6-7-9-21-11-13-24-23-12-10-22-18-20(3)14-16-27(22,5)25(23)15-17-26(21,24)4;1-2/h10,19-21,23-25H,6-9,11-18H2,1-5H3;1-2H3. The Morgan fingerprint density at radius 1 is 0.966 bits per heavy atom. The van der Waals surface area contributed by atoms with Gasteiger partial charge in [-0.2, -0.15) is 0 Å². The highest BCUT2D eigenvalue weighted by Crippen LogP contribution is 2.67. The van der Waals surface area contributed by atoms with Crippen LogP contribution < -0.4 is 0 Å². The van der Waals surface area contributed by atoms with Gasteiger partial charge in [-0.15, -0.1) is 0 Å². The van der Waals surface area contributed by atoms with Gasteiger partial charge in [-0.25, -0.2) is 0 Å². The molecule has 29 heavy (non-hydrogen) atoms. The Morgan fingerprint density at radius 2 is 1.72 bits per heavy atom. The lowest BCUT2D eigenvalue weighted by atomic mass is 9.47. The number of hydrogen-bond donors (Lipinski definition) is 0. The molecule has 7 atom stereocenters. The number of fused-ring (bicyclic) bond motifs is 5. The first-order valence-electron chi connectivity index (χ1n) is 13.5. The van der Waals surface area contributed by atoms with Crippen molar-refractivity contribution in [3.05, 3.63) is 11.6 Å². The quantitative estimate of drug-likeness (QED) is 0.318. The molecular weight excluding hydrogens is 348 g/mol. The van der Waals surface area contributed by atoms with E-state index >= 15 is 0 Å². The average Bonchev–Trinajstić information content (AvgIpc) is 3.03. The second kappa shape index (κ2) is 9.48. The molecule has 3 fully saturated rings. The number of unbranched alkanes of at least 4 members (excludes halogenated alkanes) is 1. The summed E-state index contributed by atoms with van der Waals surface area (Å²) in [4.78, 5) is 0. The maximum Gasteiger partial charge on any atom is -0.00851 e. The van der Waals surface area contributed by atoms with E-state index < -0.39 is 0 Å². The molecule has 0 spiro atoms. The van der Waals surface area contributed by atoms with Gasteiger partial charge in [0.1, 0.15) is 0 Å². The van der Waals surface area contributed by atoms with Crippen LogP contribution in [0.3, 0.4) is 0 Å². The van der Waals surface area contributed by atoms with Crippen LogP contribution in [0.1, 0.15) is 126 Å². The summed E-state index contributed by atoms with van der Waals surface area (Å²) in [6.45, 7) is 16.6. The maximum absolute atomic E-state index is 2.75. The van der Waals surface area contributed by atoms with Gasteiger partial charge in [-0.3, -0.25) is 0 Å². The zero-order valence-electron chi connectivity index (χ0n) is 21.0. The highest BCUT2D eigenvalue weighted by Gasteiger charge is 2.58. The smallest absolute Gasteiger partial charge is 0.00851 e. The Labute approximate surface area is 183 Å². The summed E-state index contributed by atoms with van der Waals surface area (Å²) in [6.07, 6.45) is 20.6. The summed E-state index contributed by atoms with van der Waals surface area (Å²) >= 11 is 0. The lowest BCUT2D eigenvalue weighted by Crippen LogP contribution is -2.49. The van der Waals surface area contributed by atoms with Crippen LogP contribution in [0.2, 0.25) is 0 Å². The van der Waals surface area contributed by atoms with Crippen LogP contribution in [0.25, 0.3) is 0 Å². The molecule has 0 aromatic carbocycles. The van der Waals surface area contributed by atoms with E-state index in [0.29, 0.717) is 10.8 Å². The average molecular weight is 401 g/mol. The molecule has 0 nitrogen and oxygen atoms in total. The van der Waals surface area contributed by atoms with Crippen molar-refractivity contribution in [1.29, 1.82) is 0 Å². The molecule has 0 aromatic rings. The molecule has 0 saturated heterocycles. The fraction of sp³-hybridized carbons (Fsp3) is 0.931. The molecule has 0 radical (unpaired) electrons. The van der Waals surface area contributed by atoms with Gasteiger partial charge in [0.2, 0.25) is 0 Å². The van der Waals surface area contributed by atoms with Crippen LogP contribution in [0.15, 0.2) is 11.6 Å². The van der Waals surface area contributed by atoms with Crippen molar-refractivity contribution in [3.8, 4) is 0 Å². The molecule has 0 amide bonds. The first kappa shape index (κ1) is 23.4. The third-order valence-corrected chi connectivity index (χ3v) is 10.1. The van der Waals surface area contributed by atoms with Gasteiger partial charge in [0, 0.05) is 0 Å². The summed E-state index contributed by atoms with van der Waals surface area (Å²) in [5, 5.41) is 0. The Hall–Kier alpha value is -0.260. The Morgan fingerprint density at radius 3 is 2.45 bits per heavy atom. The summed E-state index contributed by atoms with van der Waals surface area (Å²) in [6, 6.07) is 0. The van der Waals surface area contributed by atoms with E-state index in [1.165, 1.54) is 70.6 Å². The van der Waals surface area contributed by atoms with Gasteiger partial charge in [0.25, 0.3) is 0 Å². The molecule has 4 rings (SSSR count). The normalized spacial score (nSPS) is 43.6. The van der Waals surface area contributed by atoms with Gasteiger partial charge < -0.3 is 0 Å². The van der Waals surface area contributed by atoms with Crippen LogP contribution in [0, 0.1) is 46.3 Å². The van der Waals surface area contributed by atoms with E-state index in [1.54, 1.807) is 6.42 Å². The summed E-state index contributed by atoms with van der Waals surface area (Å²) in [5.41, 5.74) is 3.10. The Bertz CT molecular complexity index is 556. The fourth-order valence-corrected chi connectivity index (χ4v) is 8.37. The van der Waals surface area contributed by atoms with Crippen LogP contribution in [-0.2, 0) is 0 Å². The Balaban J connectivity index is 0.00000117. The van der Waals surface area contributed by atoms with Crippen molar-refractivity contribution < 1.29 is 0 Å². The molecule has 0 aromatic heterocycles. The molecule has 3 saturated carbocycles. The van der Waals surface area contributed by atoms with Crippen molar-refractivity contribution in [1.82, 2.24) is 0 Å². The fourth-order valence-electron chi connectivity index (χ4n) is 8.37. The first-order valence-corrected chi connectivity index (χ1v) is 13.5. The molecule has 0 heterocycles. The molecule has 0 N–H and O–H groups in total. The second-order valence-corrected chi connectivity index (χ2v) is 12.1. The monoisotopic (exact) mass is 400 g/mol. The van der Waals surface area contributed by atoms with E-state index in [2.05, 4.69) is 40.7 Å². The van der Waals surface area contributed by atoms with Crippen molar-refractivity contribution >= 4 is 0 Å². The summed E-state index contributed by atoms with van der Waals surface area (Å²) < 4.78 is 0. The van der Waals surface area contributed by atoms with Crippen molar-refractivity contribution in [2.24, 2.45) is 46.3 Å². The maximum atomic E-state index is 2.75. The third kappa shape index (κ3) is 4.39.